The Kier molecular flexibility index (Phi) is 24.2. The number of phosphoric acid groups is 4. The Labute approximate surface area is 378 Å². The zero-order chi connectivity index (χ0) is 50.0. The van der Waals surface area contributed by atoms with Crippen molar-refractivity contribution in [1.82, 2.24) is 24.4 Å². The molecule has 2 aromatic rings. The van der Waals surface area contributed by atoms with E-state index >= 15 is 0 Å². The Morgan fingerprint density at radius 2 is 1.24 bits per heavy atom. The number of hydrogen-bond donors (Lipinski definition) is 6. The number of aliphatic hydroxyl groups excluding tert-OH is 1. The molecule has 3 fully saturated rings. The van der Waals surface area contributed by atoms with Crippen LogP contribution in [-0.4, -0.2) is 129 Å². The minimum Gasteiger partial charge on any atom is -0.390 e. The first-order valence-corrected chi connectivity index (χ1v) is 25.4. The van der Waals surface area contributed by atoms with E-state index in [2.05, 4.69) is 65.9 Å². The van der Waals surface area contributed by atoms with E-state index in [1.165, 1.54) is 12.4 Å². The Morgan fingerprint density at radius 3 is 1.77 bits per heavy atom. The first kappa shape index (κ1) is 58.9. The van der Waals surface area contributed by atoms with E-state index in [1.807, 2.05) is 27.7 Å². The second kappa shape index (κ2) is 27.1. The molecule has 0 saturated carbocycles. The molecule has 10 atom stereocenters. The maximum absolute atomic E-state index is 12.9. The maximum atomic E-state index is 12.9. The number of rotatable bonds is 18. The first-order valence-electron chi connectivity index (χ1n) is 19.5. The number of aliphatic hydroxyl groups is 1. The third-order valence-corrected chi connectivity index (χ3v) is 14.8. The molecule has 0 radical (unpaired) electrons. The third-order valence-electron chi connectivity index (χ3n) is 8.38. The lowest BCUT2D eigenvalue weighted by Gasteiger charge is -2.24. The van der Waals surface area contributed by atoms with Crippen LogP contribution < -0.4 is 33.5 Å². The van der Waals surface area contributed by atoms with Crippen molar-refractivity contribution in [3.05, 3.63) is 65.2 Å². The van der Waals surface area contributed by atoms with Crippen LogP contribution in [-0.2, 0) is 72.8 Å². The number of nitrogens with two attached hydrogens (primary N) is 1. The van der Waals surface area contributed by atoms with Gasteiger partial charge in [0, 0.05) is 54.4 Å². The van der Waals surface area contributed by atoms with Crippen LogP contribution in [0.3, 0.4) is 0 Å². The summed E-state index contributed by atoms with van der Waals surface area (Å²) in [5.74, 6) is 10.4. The van der Waals surface area contributed by atoms with Crippen LogP contribution in [0.1, 0.15) is 57.7 Å². The van der Waals surface area contributed by atoms with Crippen LogP contribution in [0.15, 0.2) is 31.6 Å². The van der Waals surface area contributed by atoms with Crippen molar-refractivity contribution < 1.29 is 82.8 Å². The number of H-pyrrole nitrogens is 2. The Hall–Kier alpha value is -3.24. The highest BCUT2D eigenvalue weighted by Gasteiger charge is 2.60. The van der Waals surface area contributed by atoms with Gasteiger partial charge in [-0.1, -0.05) is 51.4 Å². The molecule has 0 aromatic carbocycles. The standard InChI is InChI=1S/C17H26N3O14P3.C13H18N3O8P.2C2H6/c1-18-8-6-7-11-9-20(17(22)19-15(11)21)16-14-13(32-14)12(31-16)10-30-36(24,28-4)34-37(25,29-5)33-35(23,26-2)27-3;1-22-25(20,21)23-7-10-9(17)5-11(24-10)16-6-8(3-2-4-14)12(18)15-13(16)19;2*1-2/h9,12-14,16,18H,8,10H2,1-5H3,(H,19,21,22);6,9-11,17H,4-5,7,14H2,1H3,(H,20,21)(H,15,18,19);2*1-2H3/t12-,13?,14+,16-,36?,37?;9?,10-,11-;;/m11../s1. The van der Waals surface area contributed by atoms with Crippen molar-refractivity contribution in [2.24, 2.45) is 5.73 Å². The van der Waals surface area contributed by atoms with Gasteiger partial charge in [-0.15, -0.1) is 0 Å². The lowest BCUT2D eigenvalue weighted by molar-refractivity contribution is -0.0849. The quantitative estimate of drug-likeness (QED) is 0.0690. The lowest BCUT2D eigenvalue weighted by Crippen LogP contribution is -2.36. The summed E-state index contributed by atoms with van der Waals surface area (Å²) in [6, 6.07) is 0. The van der Waals surface area contributed by atoms with E-state index in [4.69, 9.17) is 33.3 Å². The predicted octanol–water partition coefficient (Wildman–Crippen LogP) is 1.04. The molecule has 3 aliphatic rings. The normalized spacial score (nSPS) is 24.3. The number of fused-ring (bicyclic) bond motifs is 1. The number of epoxide rings is 1. The summed E-state index contributed by atoms with van der Waals surface area (Å²) in [7, 11) is -11.7. The number of ether oxygens (including phenoxy) is 3. The second-order valence-corrected chi connectivity index (χ2v) is 19.6. The maximum Gasteiger partial charge on any atom is 0.492 e. The molecule has 0 aliphatic carbocycles. The molecule has 2 aromatic heterocycles. The summed E-state index contributed by atoms with van der Waals surface area (Å²) < 4.78 is 110. The molecule has 5 heterocycles. The van der Waals surface area contributed by atoms with Crippen molar-refractivity contribution in [3.8, 4) is 23.7 Å². The van der Waals surface area contributed by atoms with Gasteiger partial charge >= 0.3 is 42.7 Å². The Bertz CT molecular complexity index is 2470. The van der Waals surface area contributed by atoms with Crippen molar-refractivity contribution in [1.29, 1.82) is 0 Å². The smallest absolute Gasteiger partial charge is 0.390 e. The minimum absolute atomic E-state index is 0.00640. The molecule has 5 rings (SSSR count). The number of aromatic nitrogens is 4. The van der Waals surface area contributed by atoms with Gasteiger partial charge in [-0.2, -0.15) is 8.62 Å². The Balaban J connectivity index is 0.000000449. The average molecular weight is 1020 g/mol. The predicted molar refractivity (Wildman–Crippen MR) is 231 cm³/mol. The van der Waals surface area contributed by atoms with E-state index in [0.717, 1.165) is 44.7 Å². The molecule has 0 bridgehead atoms. The van der Waals surface area contributed by atoms with Crippen LogP contribution in [0.4, 0.5) is 0 Å². The zero-order valence-electron chi connectivity index (χ0n) is 37.6. The molecule has 32 heteroatoms. The van der Waals surface area contributed by atoms with Crippen LogP contribution in [0.25, 0.3) is 0 Å². The summed E-state index contributed by atoms with van der Waals surface area (Å²) in [6.07, 6.45) is -3.46. The summed E-state index contributed by atoms with van der Waals surface area (Å²) in [4.78, 5) is 61.6. The molecule has 28 nitrogen and oxygen atoms in total. The van der Waals surface area contributed by atoms with E-state index in [9.17, 15) is 47.4 Å². The van der Waals surface area contributed by atoms with Crippen molar-refractivity contribution in [2.45, 2.75) is 77.1 Å². The molecule has 3 aliphatic heterocycles. The Morgan fingerprint density at radius 1 is 0.727 bits per heavy atom. The summed E-state index contributed by atoms with van der Waals surface area (Å²) in [5, 5.41) is 12.8. The number of nitrogens with zero attached hydrogens (tertiary/aromatic N) is 2. The van der Waals surface area contributed by atoms with Gasteiger partial charge in [-0.3, -0.25) is 60.4 Å². The van der Waals surface area contributed by atoms with E-state index in [-0.39, 0.29) is 24.1 Å². The van der Waals surface area contributed by atoms with E-state index in [0.29, 0.717) is 6.54 Å². The van der Waals surface area contributed by atoms with Gasteiger partial charge in [-0.25, -0.2) is 27.8 Å². The molecule has 0 spiro atoms. The van der Waals surface area contributed by atoms with Gasteiger partial charge in [0.2, 0.25) is 0 Å². The van der Waals surface area contributed by atoms with Gasteiger partial charge in [0.05, 0.1) is 32.4 Å². The lowest BCUT2D eigenvalue weighted by atomic mass is 10.2. The average Bonchev–Trinajstić information content (AvgIpc) is 3.89. The van der Waals surface area contributed by atoms with E-state index < -0.39 is 110 Å². The monoisotopic (exact) mass is 1020 g/mol. The summed E-state index contributed by atoms with van der Waals surface area (Å²) in [5.41, 5.74) is 2.48. The van der Waals surface area contributed by atoms with Gasteiger partial charge in [0.1, 0.15) is 41.8 Å². The second-order valence-electron chi connectivity index (χ2n) is 12.3. The van der Waals surface area contributed by atoms with Crippen LogP contribution in [0.5, 0.6) is 0 Å². The molecular formula is C34H56N6O22P4. The fourth-order valence-corrected chi connectivity index (χ4v) is 10.2. The third kappa shape index (κ3) is 16.5. The first-order chi connectivity index (χ1) is 31.2. The highest BCUT2D eigenvalue weighted by molar-refractivity contribution is 7.67. The fourth-order valence-electron chi connectivity index (χ4n) is 5.28. The molecule has 7 N–H and O–H groups in total. The SMILES string of the molecule is CC.CC.CNCC#Cc1cn([C@@H]2O[C@H](COP(=O)(OC)OP(=O)(OC)OP(=O)(OC)OC)C3O[C@@H]32)c(=O)[nH]c1=O.COP(=O)(O)OC[C@H]1O[C@@H](n2cc(C#CCN)c(=O)[nH]c2=O)CC1O. The molecule has 5 unspecified atom stereocenters. The zero-order valence-corrected chi connectivity index (χ0v) is 41.1. The van der Waals surface area contributed by atoms with Crippen LogP contribution in [0.2, 0.25) is 0 Å². The van der Waals surface area contributed by atoms with Crippen molar-refractivity contribution in [2.75, 3.05) is 68.9 Å². The molecule has 0 amide bonds. The minimum atomic E-state index is -4.84. The number of phosphoric ester groups is 3. The van der Waals surface area contributed by atoms with E-state index in [1.54, 1.807) is 7.05 Å². The fraction of sp³-hybridized carbons (Fsp3) is 0.647. The van der Waals surface area contributed by atoms with Gasteiger partial charge in [0.15, 0.2) is 6.23 Å². The summed E-state index contributed by atoms with van der Waals surface area (Å²) in [6.45, 7) is 7.46. The highest BCUT2D eigenvalue weighted by atomic mass is 31.3. The number of nitrogens with one attached hydrogen (secondary N) is 3. The molecule has 3 saturated heterocycles. The number of hydrogen-bond acceptors (Lipinski definition) is 23. The van der Waals surface area contributed by atoms with Crippen molar-refractivity contribution in [3.63, 3.8) is 0 Å². The largest absolute Gasteiger partial charge is 0.492 e. The van der Waals surface area contributed by atoms with Crippen LogP contribution in [0, 0.1) is 23.7 Å². The molecular weight excluding hydrogens is 968 g/mol. The van der Waals surface area contributed by atoms with Crippen LogP contribution >= 0.6 is 31.3 Å². The molecule has 66 heavy (non-hydrogen) atoms. The molecule has 374 valence electrons. The summed E-state index contributed by atoms with van der Waals surface area (Å²) >= 11 is 0. The van der Waals surface area contributed by atoms with Gasteiger partial charge < -0.3 is 35.3 Å². The van der Waals surface area contributed by atoms with Crippen molar-refractivity contribution >= 4 is 31.3 Å². The van der Waals surface area contributed by atoms with Gasteiger partial charge in [0.25, 0.3) is 11.1 Å². The highest BCUT2D eigenvalue weighted by Crippen LogP contribution is 2.72. The number of aromatic amines is 2. The van der Waals surface area contributed by atoms with Gasteiger partial charge in [-0.05, 0) is 7.05 Å². The topological polar surface area (TPSA) is 371 Å².